The van der Waals surface area contributed by atoms with Crippen LogP contribution in [0.25, 0.3) is 10.1 Å². The molecule has 3 N–H and O–H groups in total. The smallest absolute Gasteiger partial charge is 0.277 e. The van der Waals surface area contributed by atoms with Crippen LogP contribution in [-0.2, 0) is 0 Å². The Morgan fingerprint density at radius 2 is 2.19 bits per heavy atom. The van der Waals surface area contributed by atoms with E-state index in [0.717, 1.165) is 15.6 Å². The number of fused-ring (bicyclic) bond motifs is 1. The van der Waals surface area contributed by atoms with E-state index in [1.165, 1.54) is 11.3 Å². The van der Waals surface area contributed by atoms with E-state index in [1.807, 2.05) is 12.1 Å². The molecule has 0 bridgehead atoms. The molecule has 114 valence electrons. The Labute approximate surface area is 124 Å². The molecule has 0 aliphatic carbocycles. The van der Waals surface area contributed by atoms with Crippen LogP contribution in [0.4, 0.5) is 8.78 Å². The van der Waals surface area contributed by atoms with Gasteiger partial charge in [-0.2, -0.15) is 0 Å². The summed E-state index contributed by atoms with van der Waals surface area (Å²) in [6.07, 6.45) is 0. The van der Waals surface area contributed by atoms with Gasteiger partial charge in [-0.15, -0.1) is 11.3 Å². The molecule has 7 heteroatoms. The van der Waals surface area contributed by atoms with E-state index >= 15 is 0 Å². The van der Waals surface area contributed by atoms with Gasteiger partial charge in [-0.25, -0.2) is 8.78 Å². The minimum absolute atomic E-state index is 0.422. The van der Waals surface area contributed by atoms with Crippen LogP contribution >= 0.6 is 11.3 Å². The zero-order valence-corrected chi connectivity index (χ0v) is 12.5. The molecule has 4 nitrogen and oxygen atoms in total. The number of hydrogen-bond acceptors (Lipinski definition) is 4. The Morgan fingerprint density at radius 1 is 1.48 bits per heavy atom. The van der Waals surface area contributed by atoms with Gasteiger partial charge in [0.25, 0.3) is 11.8 Å². The quantitative estimate of drug-likeness (QED) is 0.891. The number of halogens is 2. The van der Waals surface area contributed by atoms with Crippen molar-refractivity contribution < 1.29 is 18.3 Å². The Balaban J connectivity index is 2.26. The second-order valence-corrected chi connectivity index (χ2v) is 5.71. The van der Waals surface area contributed by atoms with Gasteiger partial charge in [-0.1, -0.05) is 0 Å². The van der Waals surface area contributed by atoms with Crippen LogP contribution in [0.1, 0.15) is 15.2 Å². The Hall–Kier alpha value is -1.73. The highest BCUT2D eigenvalue weighted by Crippen LogP contribution is 2.33. The maximum Gasteiger partial charge on any atom is 0.277 e. The van der Waals surface area contributed by atoms with E-state index in [-0.39, 0.29) is 0 Å². The van der Waals surface area contributed by atoms with Crippen LogP contribution in [0, 0.1) is 6.92 Å². The predicted molar refractivity (Wildman–Crippen MR) is 79.4 cm³/mol. The Kier molecular flexibility index (Phi) is 4.43. The number of rotatable bonds is 5. The molecule has 1 amide bonds. The third-order valence-corrected chi connectivity index (χ3v) is 4.43. The van der Waals surface area contributed by atoms with Crippen molar-refractivity contribution in [3.05, 3.63) is 28.6 Å². The van der Waals surface area contributed by atoms with Crippen molar-refractivity contribution in [3.8, 4) is 5.75 Å². The summed E-state index contributed by atoms with van der Waals surface area (Å²) in [6.45, 7) is 0.226. The highest BCUT2D eigenvalue weighted by Gasteiger charge is 2.28. The van der Waals surface area contributed by atoms with Crippen LogP contribution in [0.2, 0.25) is 0 Å². The number of nitrogens with one attached hydrogen (secondary N) is 1. The van der Waals surface area contributed by atoms with E-state index in [1.54, 1.807) is 20.1 Å². The van der Waals surface area contributed by atoms with Gasteiger partial charge in [0.05, 0.1) is 25.1 Å². The molecular formula is C14H16F2N2O2S. The van der Waals surface area contributed by atoms with Crippen molar-refractivity contribution in [2.75, 3.05) is 20.2 Å². The van der Waals surface area contributed by atoms with Gasteiger partial charge in [0.2, 0.25) is 0 Å². The van der Waals surface area contributed by atoms with Crippen LogP contribution in [0.5, 0.6) is 5.75 Å². The average molecular weight is 314 g/mol. The maximum absolute atomic E-state index is 13.1. The topological polar surface area (TPSA) is 64.3 Å². The van der Waals surface area contributed by atoms with Crippen molar-refractivity contribution in [3.63, 3.8) is 0 Å². The number of methoxy groups -OCH3 is 1. The summed E-state index contributed by atoms with van der Waals surface area (Å²) in [5, 5.41) is 3.12. The highest BCUT2D eigenvalue weighted by molar-refractivity contribution is 7.21. The monoisotopic (exact) mass is 314 g/mol. The van der Waals surface area contributed by atoms with Crippen molar-refractivity contribution in [2.45, 2.75) is 12.8 Å². The highest BCUT2D eigenvalue weighted by atomic mass is 32.1. The van der Waals surface area contributed by atoms with E-state index in [9.17, 15) is 13.6 Å². The van der Waals surface area contributed by atoms with Gasteiger partial charge in [0.15, 0.2) is 0 Å². The van der Waals surface area contributed by atoms with Crippen molar-refractivity contribution in [1.82, 2.24) is 5.32 Å². The fraction of sp³-hybridized carbons (Fsp3) is 0.357. The second-order valence-electron chi connectivity index (χ2n) is 4.66. The molecule has 21 heavy (non-hydrogen) atoms. The maximum atomic E-state index is 13.1. The molecule has 0 aliphatic heterocycles. The Morgan fingerprint density at radius 3 is 2.81 bits per heavy atom. The lowest BCUT2D eigenvalue weighted by Gasteiger charge is -2.14. The van der Waals surface area contributed by atoms with Crippen LogP contribution in [0.15, 0.2) is 18.2 Å². The number of alkyl halides is 2. The lowest BCUT2D eigenvalue weighted by atomic mass is 10.1. The lowest BCUT2D eigenvalue weighted by molar-refractivity contribution is 0.0119. The molecular weight excluding hydrogens is 298 g/mol. The van der Waals surface area contributed by atoms with Crippen LogP contribution in [-0.4, -0.2) is 32.0 Å². The fourth-order valence-corrected chi connectivity index (χ4v) is 3.01. The average Bonchev–Trinajstić information content (AvgIpc) is 2.81. The number of aryl methyl sites for hydroxylation is 1. The van der Waals surface area contributed by atoms with E-state index in [2.05, 4.69) is 5.32 Å². The van der Waals surface area contributed by atoms with E-state index < -0.39 is 24.9 Å². The van der Waals surface area contributed by atoms with Gasteiger partial charge in [-0.3, -0.25) is 4.79 Å². The minimum atomic E-state index is -3.09. The number of carbonyl (C=O) groups is 1. The molecule has 0 atom stereocenters. The largest absolute Gasteiger partial charge is 0.497 e. The van der Waals surface area contributed by atoms with Crippen LogP contribution in [0.3, 0.4) is 0 Å². The summed E-state index contributed by atoms with van der Waals surface area (Å²) in [7, 11) is 1.56. The first-order valence-corrected chi connectivity index (χ1v) is 7.13. The van der Waals surface area contributed by atoms with Gasteiger partial charge in [0, 0.05) is 4.70 Å². The molecule has 0 unspecified atom stereocenters. The molecule has 1 aromatic heterocycles. The molecule has 1 aromatic carbocycles. The van der Waals surface area contributed by atoms with Gasteiger partial charge < -0.3 is 15.8 Å². The third-order valence-electron chi connectivity index (χ3n) is 3.16. The zero-order chi connectivity index (χ0) is 15.6. The first-order valence-electron chi connectivity index (χ1n) is 6.31. The fourth-order valence-electron chi connectivity index (χ4n) is 1.91. The predicted octanol–water partition coefficient (Wildman–Crippen LogP) is 2.54. The summed E-state index contributed by atoms with van der Waals surface area (Å²) in [4.78, 5) is 12.5. The first kappa shape index (κ1) is 15.7. The molecule has 2 aromatic rings. The van der Waals surface area contributed by atoms with Gasteiger partial charge >= 0.3 is 0 Å². The van der Waals surface area contributed by atoms with Crippen molar-refractivity contribution in [1.29, 1.82) is 0 Å². The summed E-state index contributed by atoms with van der Waals surface area (Å²) < 4.78 is 32.2. The molecule has 0 spiro atoms. The zero-order valence-electron chi connectivity index (χ0n) is 11.7. The molecule has 1 heterocycles. The molecule has 0 radical (unpaired) electrons. The Bertz CT molecular complexity index is 670. The molecule has 0 saturated carbocycles. The van der Waals surface area contributed by atoms with Gasteiger partial charge in [0.1, 0.15) is 5.75 Å². The number of carbonyl (C=O) groups excluding carboxylic acids is 1. The lowest BCUT2D eigenvalue weighted by Crippen LogP contribution is -2.41. The summed E-state index contributed by atoms with van der Waals surface area (Å²) >= 11 is 1.27. The third kappa shape index (κ3) is 3.30. The number of ether oxygens (including phenoxy) is 1. The number of amides is 1. The summed E-state index contributed by atoms with van der Waals surface area (Å²) in [5.41, 5.74) is 5.69. The van der Waals surface area contributed by atoms with Crippen LogP contribution < -0.4 is 15.8 Å². The number of benzene rings is 1. The van der Waals surface area contributed by atoms with E-state index in [0.29, 0.717) is 10.6 Å². The normalized spacial score (nSPS) is 11.7. The molecule has 0 saturated heterocycles. The summed E-state index contributed by atoms with van der Waals surface area (Å²) in [6, 6.07) is 5.46. The van der Waals surface area contributed by atoms with Crippen molar-refractivity contribution >= 4 is 27.3 Å². The first-order chi connectivity index (χ1) is 9.88. The number of thiophene rings is 1. The number of hydrogen-bond donors (Lipinski definition) is 2. The van der Waals surface area contributed by atoms with E-state index in [4.69, 9.17) is 10.5 Å². The number of nitrogens with two attached hydrogens (primary N) is 1. The summed E-state index contributed by atoms with van der Waals surface area (Å²) in [5.74, 6) is -2.92. The van der Waals surface area contributed by atoms with Crippen molar-refractivity contribution in [2.24, 2.45) is 5.73 Å². The second kappa shape index (κ2) is 5.95. The minimum Gasteiger partial charge on any atom is -0.497 e. The molecule has 0 fully saturated rings. The van der Waals surface area contributed by atoms with Gasteiger partial charge in [-0.05, 0) is 36.1 Å². The standard InChI is InChI=1S/C14H16F2N2O2S/c1-8-10-5-9(20-2)3-4-11(10)21-12(8)13(19)18-7-14(15,16)6-17/h3-5H,6-7,17H2,1-2H3,(H,18,19). The molecule has 2 rings (SSSR count). The SMILES string of the molecule is COc1ccc2sc(C(=O)NCC(F)(F)CN)c(C)c2c1. The molecule has 0 aliphatic rings.